The highest BCUT2D eigenvalue weighted by Crippen LogP contribution is 2.29. The molecule has 4 N–H and O–H groups in total. The number of nitrogens with one attached hydrogen (secondary N) is 1. The Morgan fingerprint density at radius 2 is 2.17 bits per heavy atom. The van der Waals surface area contributed by atoms with Crippen LogP contribution in [0.15, 0.2) is 0 Å². The van der Waals surface area contributed by atoms with Gasteiger partial charge in [0.15, 0.2) is 0 Å². The van der Waals surface area contributed by atoms with Crippen molar-refractivity contribution in [2.75, 3.05) is 6.54 Å². The number of hydrogen-bond donors (Lipinski definition) is 3. The number of aliphatic hydroxyl groups is 1. The molecule has 0 spiro atoms. The molecule has 0 bridgehead atoms. The van der Waals surface area contributed by atoms with Crippen molar-refractivity contribution in [2.45, 2.75) is 49.8 Å². The van der Waals surface area contributed by atoms with Crippen LogP contribution in [0.3, 0.4) is 0 Å². The summed E-state index contributed by atoms with van der Waals surface area (Å²) < 4.78 is 0. The van der Waals surface area contributed by atoms with Crippen LogP contribution in [-0.2, 0) is 0 Å². The molecule has 0 aliphatic heterocycles. The van der Waals surface area contributed by atoms with Crippen LogP contribution in [0.5, 0.6) is 0 Å². The maximum Gasteiger partial charge on any atom is 0.0786 e. The molecular formula is C9H18N2O. The molecule has 0 amide bonds. The summed E-state index contributed by atoms with van der Waals surface area (Å²) in [6.45, 7) is 0.741. The summed E-state index contributed by atoms with van der Waals surface area (Å²) in [7, 11) is 0. The quantitative estimate of drug-likeness (QED) is 0.558. The SMILES string of the molecule is NC1CCC(O)(CNC2CC2)C1. The third-order valence-electron chi connectivity index (χ3n) is 2.92. The predicted molar refractivity (Wildman–Crippen MR) is 47.8 cm³/mol. The first-order valence-corrected chi connectivity index (χ1v) is 4.89. The van der Waals surface area contributed by atoms with Crippen molar-refractivity contribution >= 4 is 0 Å². The van der Waals surface area contributed by atoms with Gasteiger partial charge in [-0.05, 0) is 32.1 Å². The molecular weight excluding hydrogens is 152 g/mol. The molecule has 2 saturated carbocycles. The Morgan fingerprint density at radius 1 is 1.42 bits per heavy atom. The lowest BCUT2D eigenvalue weighted by atomic mass is 10.0. The first-order valence-electron chi connectivity index (χ1n) is 4.89. The van der Waals surface area contributed by atoms with E-state index in [2.05, 4.69) is 5.32 Å². The largest absolute Gasteiger partial charge is 0.389 e. The number of nitrogens with two attached hydrogens (primary N) is 1. The molecule has 70 valence electrons. The lowest BCUT2D eigenvalue weighted by Crippen LogP contribution is -2.40. The van der Waals surface area contributed by atoms with E-state index in [4.69, 9.17) is 5.73 Å². The summed E-state index contributed by atoms with van der Waals surface area (Å²) in [6, 6.07) is 0.904. The summed E-state index contributed by atoms with van der Waals surface area (Å²) in [4.78, 5) is 0. The van der Waals surface area contributed by atoms with Crippen molar-refractivity contribution < 1.29 is 5.11 Å². The molecule has 2 aliphatic carbocycles. The zero-order valence-corrected chi connectivity index (χ0v) is 7.42. The van der Waals surface area contributed by atoms with Crippen molar-refractivity contribution in [3.05, 3.63) is 0 Å². The van der Waals surface area contributed by atoms with Gasteiger partial charge >= 0.3 is 0 Å². The van der Waals surface area contributed by atoms with Crippen molar-refractivity contribution in [3.8, 4) is 0 Å². The fourth-order valence-electron chi connectivity index (χ4n) is 1.93. The van der Waals surface area contributed by atoms with Crippen LogP contribution >= 0.6 is 0 Å². The topological polar surface area (TPSA) is 58.3 Å². The van der Waals surface area contributed by atoms with Crippen LogP contribution in [0.2, 0.25) is 0 Å². The van der Waals surface area contributed by atoms with Crippen molar-refractivity contribution in [2.24, 2.45) is 5.73 Å². The van der Waals surface area contributed by atoms with Crippen LogP contribution in [0.25, 0.3) is 0 Å². The Labute approximate surface area is 73.3 Å². The van der Waals surface area contributed by atoms with Gasteiger partial charge in [0.2, 0.25) is 0 Å². The Hall–Kier alpha value is -0.120. The van der Waals surface area contributed by atoms with Crippen LogP contribution in [0.4, 0.5) is 0 Å². The van der Waals surface area contributed by atoms with E-state index in [1.54, 1.807) is 0 Å². The van der Waals surface area contributed by atoms with E-state index in [0.717, 1.165) is 25.8 Å². The smallest absolute Gasteiger partial charge is 0.0786 e. The van der Waals surface area contributed by atoms with Gasteiger partial charge in [0.1, 0.15) is 0 Å². The minimum absolute atomic E-state index is 0.219. The van der Waals surface area contributed by atoms with E-state index in [1.165, 1.54) is 12.8 Å². The molecule has 12 heavy (non-hydrogen) atoms. The minimum atomic E-state index is -0.498. The monoisotopic (exact) mass is 170 g/mol. The summed E-state index contributed by atoms with van der Waals surface area (Å²) >= 11 is 0. The van der Waals surface area contributed by atoms with Gasteiger partial charge in [0.25, 0.3) is 0 Å². The van der Waals surface area contributed by atoms with Crippen LogP contribution < -0.4 is 11.1 Å². The normalized spacial score (nSPS) is 42.0. The van der Waals surface area contributed by atoms with Crippen LogP contribution in [-0.4, -0.2) is 29.3 Å². The van der Waals surface area contributed by atoms with Gasteiger partial charge in [-0.3, -0.25) is 0 Å². The van der Waals surface area contributed by atoms with E-state index < -0.39 is 5.60 Å². The average Bonchev–Trinajstić information content (AvgIpc) is 2.77. The van der Waals surface area contributed by atoms with E-state index >= 15 is 0 Å². The Kier molecular flexibility index (Phi) is 2.10. The highest BCUT2D eigenvalue weighted by molar-refractivity contribution is 4.94. The lowest BCUT2D eigenvalue weighted by molar-refractivity contribution is 0.0461. The summed E-state index contributed by atoms with van der Waals surface area (Å²) in [5.74, 6) is 0. The maximum absolute atomic E-state index is 10.00. The van der Waals surface area contributed by atoms with Crippen LogP contribution in [0.1, 0.15) is 32.1 Å². The summed E-state index contributed by atoms with van der Waals surface area (Å²) in [5, 5.41) is 13.3. The highest BCUT2D eigenvalue weighted by Gasteiger charge is 2.36. The minimum Gasteiger partial charge on any atom is -0.389 e. The zero-order valence-electron chi connectivity index (χ0n) is 7.42. The molecule has 2 rings (SSSR count). The predicted octanol–water partition coefficient (Wildman–Crippen LogP) is -0.0193. The van der Waals surface area contributed by atoms with Gasteiger partial charge in [0, 0.05) is 18.6 Å². The first kappa shape index (κ1) is 8.48. The second-order valence-corrected chi connectivity index (χ2v) is 4.38. The molecule has 2 fully saturated rings. The standard InChI is InChI=1S/C9H18N2O/c10-7-3-4-9(12,5-7)6-11-8-1-2-8/h7-8,11-12H,1-6,10H2. The molecule has 0 aromatic heterocycles. The van der Waals surface area contributed by atoms with E-state index in [-0.39, 0.29) is 6.04 Å². The van der Waals surface area contributed by atoms with Crippen molar-refractivity contribution in [1.82, 2.24) is 5.32 Å². The Bertz CT molecular complexity index is 170. The van der Waals surface area contributed by atoms with Crippen molar-refractivity contribution in [3.63, 3.8) is 0 Å². The average molecular weight is 170 g/mol. The number of hydrogen-bond acceptors (Lipinski definition) is 3. The Morgan fingerprint density at radius 3 is 2.67 bits per heavy atom. The van der Waals surface area contributed by atoms with Gasteiger partial charge in [0.05, 0.1) is 5.60 Å². The second-order valence-electron chi connectivity index (χ2n) is 4.38. The molecule has 3 nitrogen and oxygen atoms in total. The molecule has 0 aromatic carbocycles. The van der Waals surface area contributed by atoms with E-state index in [9.17, 15) is 5.11 Å². The third kappa shape index (κ3) is 1.97. The van der Waals surface area contributed by atoms with Gasteiger partial charge in [-0.15, -0.1) is 0 Å². The molecule has 0 saturated heterocycles. The lowest BCUT2D eigenvalue weighted by Gasteiger charge is -2.22. The van der Waals surface area contributed by atoms with Gasteiger partial charge in [-0.25, -0.2) is 0 Å². The fraction of sp³-hybridized carbons (Fsp3) is 1.00. The first-order chi connectivity index (χ1) is 5.68. The molecule has 2 atom stereocenters. The van der Waals surface area contributed by atoms with Gasteiger partial charge in [-0.2, -0.15) is 0 Å². The second kappa shape index (κ2) is 2.98. The molecule has 2 aliphatic rings. The molecule has 0 heterocycles. The highest BCUT2D eigenvalue weighted by atomic mass is 16.3. The number of rotatable bonds is 3. The van der Waals surface area contributed by atoms with Gasteiger partial charge < -0.3 is 16.2 Å². The fourth-order valence-corrected chi connectivity index (χ4v) is 1.93. The summed E-state index contributed by atoms with van der Waals surface area (Å²) in [5.41, 5.74) is 5.25. The van der Waals surface area contributed by atoms with Gasteiger partial charge in [-0.1, -0.05) is 0 Å². The third-order valence-corrected chi connectivity index (χ3v) is 2.92. The maximum atomic E-state index is 10.00. The molecule has 3 heteroatoms. The molecule has 2 unspecified atom stereocenters. The molecule has 0 radical (unpaired) electrons. The Balaban J connectivity index is 1.76. The molecule has 0 aromatic rings. The van der Waals surface area contributed by atoms with Crippen molar-refractivity contribution in [1.29, 1.82) is 0 Å². The zero-order chi connectivity index (χ0) is 8.60. The van der Waals surface area contributed by atoms with Crippen LogP contribution in [0, 0.1) is 0 Å². The van der Waals surface area contributed by atoms with E-state index in [0.29, 0.717) is 6.04 Å². The summed E-state index contributed by atoms with van der Waals surface area (Å²) in [6.07, 6.45) is 5.17. The van der Waals surface area contributed by atoms with E-state index in [1.807, 2.05) is 0 Å².